The molecule has 8 aliphatic carbocycles. The SMILES string of the molecule is C[C@H](CCC(=O)OCCCCC[C@@H]1SC[C@@H]2NC(=O)N[C@@H]21)C1CC[C@H]2[C@@H]3CC[C@@H]4C[C@H](OC(=O)Cn5cc(-c6ccc7c8ccc(-c9cn(CC(=O)O[C@@H]%10CCC%11(C)C%12CCC%13(C)C([C@H](C)CCC(=O)OCCCCC[C@@H]%14SC[C@@H]%15NC(=O)N[C@@H]%15%14)CC[C@H]%13[C@@H]%12CC[C@H]%11C%10)nn9)cc8n(CCN)c7c6)nn5)CCC4(C)C3CCC12C. The van der Waals surface area contributed by atoms with Crippen LogP contribution in [0.4, 0.5) is 9.59 Å². The van der Waals surface area contributed by atoms with Gasteiger partial charge in [0, 0.05) is 80.9 Å². The molecule has 24 heteroatoms. The minimum absolute atomic E-state index is 0.00689. The summed E-state index contributed by atoms with van der Waals surface area (Å²) in [6.45, 7) is 17.1. The van der Waals surface area contributed by atoms with Crippen molar-refractivity contribution >= 4 is 81.3 Å². The molecule has 0 radical (unpaired) electrons. The molecule has 4 amide bonds. The number of aromatic nitrogens is 7. The zero-order valence-electron chi connectivity index (χ0n) is 68.6. The Hall–Kier alpha value is -6.40. The number of esters is 4. The van der Waals surface area contributed by atoms with Crippen LogP contribution < -0.4 is 27.0 Å². The van der Waals surface area contributed by atoms with Crippen molar-refractivity contribution in [2.24, 2.45) is 98.4 Å². The number of urea groups is 2. The summed E-state index contributed by atoms with van der Waals surface area (Å²) in [6.07, 6.45) is 35.3. The van der Waals surface area contributed by atoms with Gasteiger partial charge in [-0.1, -0.05) is 102 Å². The van der Waals surface area contributed by atoms with Crippen LogP contribution in [0.25, 0.3) is 44.3 Å². The van der Waals surface area contributed by atoms with E-state index in [1.807, 2.05) is 35.9 Å². The lowest BCUT2D eigenvalue weighted by molar-refractivity contribution is -0.164. The number of nitrogens with two attached hydrogens (primary N) is 1. The molecule has 3 aromatic heterocycles. The van der Waals surface area contributed by atoms with Crippen LogP contribution in [0.1, 0.15) is 234 Å². The van der Waals surface area contributed by atoms with Crippen molar-refractivity contribution in [3.8, 4) is 22.5 Å². The zero-order chi connectivity index (χ0) is 78.8. The number of fused-ring (bicyclic) bond motifs is 15. The van der Waals surface area contributed by atoms with Gasteiger partial charge in [0.05, 0.1) is 49.8 Å². The highest BCUT2D eigenvalue weighted by Gasteiger charge is 2.63. The molecular weight excluding hydrogens is 1470 g/mol. The number of ether oxygens (including phenoxy) is 4. The maximum Gasteiger partial charge on any atom is 0.328 e. The number of carbonyl (C=O) groups is 6. The van der Waals surface area contributed by atoms with Crippen molar-refractivity contribution in [1.29, 1.82) is 0 Å². The molecule has 0 spiro atoms. The normalized spacial score (nSPS) is 36.2. The largest absolute Gasteiger partial charge is 0.466 e. The molecule has 6 N–H and O–H groups in total. The third kappa shape index (κ3) is 15.8. The predicted molar refractivity (Wildman–Crippen MR) is 443 cm³/mol. The molecule has 17 rings (SSSR count). The van der Waals surface area contributed by atoms with Crippen molar-refractivity contribution in [1.82, 2.24) is 55.8 Å². The Balaban J connectivity index is 0.441. The Morgan fingerprint density at radius 1 is 0.526 bits per heavy atom. The molecule has 24 atom stereocenters. The molecule has 12 aliphatic rings. The predicted octanol–water partition coefficient (Wildman–Crippen LogP) is 15.8. The first-order valence-electron chi connectivity index (χ1n) is 44.8. The number of unbranched alkanes of at least 4 members (excludes halogenated alkanes) is 4. The quantitative estimate of drug-likeness (QED) is 0.0124. The van der Waals surface area contributed by atoms with Crippen molar-refractivity contribution < 1.29 is 47.7 Å². The molecular formula is C90H128N12O10S2. The summed E-state index contributed by atoms with van der Waals surface area (Å²) in [5.41, 5.74) is 12.6. The molecule has 8 unspecified atom stereocenters. The average molecular weight is 1600 g/mol. The van der Waals surface area contributed by atoms with Crippen LogP contribution in [0.3, 0.4) is 0 Å². The van der Waals surface area contributed by atoms with Crippen molar-refractivity contribution in [3.63, 3.8) is 0 Å². The second-order valence-electron chi connectivity index (χ2n) is 39.0. The highest BCUT2D eigenvalue weighted by atomic mass is 32.2. The van der Waals surface area contributed by atoms with Crippen molar-refractivity contribution in [2.45, 2.75) is 301 Å². The Bertz CT molecular complexity index is 4070. The van der Waals surface area contributed by atoms with Crippen LogP contribution >= 0.6 is 23.5 Å². The first kappa shape index (κ1) is 80.0. The highest BCUT2D eigenvalue weighted by Crippen LogP contribution is 2.71. The molecule has 8 saturated carbocycles. The van der Waals surface area contributed by atoms with E-state index in [2.05, 4.69) is 124 Å². The number of amides is 4. The zero-order valence-corrected chi connectivity index (χ0v) is 70.3. The van der Waals surface area contributed by atoms with Gasteiger partial charge in [0.1, 0.15) is 36.7 Å². The number of benzene rings is 2. The van der Waals surface area contributed by atoms with E-state index in [9.17, 15) is 28.8 Å². The monoisotopic (exact) mass is 1600 g/mol. The molecule has 0 bridgehead atoms. The van der Waals surface area contributed by atoms with Crippen LogP contribution in [0.15, 0.2) is 48.8 Å². The standard InChI is InChI=1S/C90H128N12O10S2/c1-53(15-29-79(103)109-41-11-7-9-13-77-83-73(51-113-77)92-85(107)94-83)65-25-27-67-63-23-19-57-45-59(31-35-87(57,3)69(63)33-37-89(65,67)5)111-81(105)49-100-47-71(96-98-100)55-17-21-61-62-22-18-56(44-76(62)102(40-39-91)75(61)43-55)72-48-101(99-97-72)50-82(106)112-60-32-36-88(4)58(46-60)20-24-64-68-28-26-66(90(68,6)38-34-70(64)88)54(2)16-30-80(104)110-42-12-8-10-14-78-84-74(52-114-78)93-86(108)95-84/h17-18,21-22,43-44,47-48,53-54,57-60,63-70,73-74,77-78,83-84H,7-16,19-20,23-42,45-46,49-52,91H2,1-6H3,(H2,92,94,107)(H2,93,95,108)/t53-,54-,57-,58+,59-,60-,63+,64+,65?,66?,67+,68+,69?,70?,73+,74+,77+,78+,83+,84+,87?,88?,89?,90?/m1/s1. The summed E-state index contributed by atoms with van der Waals surface area (Å²) in [4.78, 5) is 77.2. The van der Waals surface area contributed by atoms with Crippen LogP contribution in [0.5, 0.6) is 0 Å². The van der Waals surface area contributed by atoms with Gasteiger partial charge >= 0.3 is 35.9 Å². The fourth-order valence-electron chi connectivity index (χ4n) is 27.3. The van der Waals surface area contributed by atoms with Gasteiger partial charge in [-0.3, -0.25) is 19.2 Å². The van der Waals surface area contributed by atoms with Gasteiger partial charge in [0.2, 0.25) is 0 Å². The molecule has 620 valence electrons. The lowest BCUT2D eigenvalue weighted by atomic mass is 9.44. The highest BCUT2D eigenvalue weighted by molar-refractivity contribution is 8.00. The number of rotatable bonds is 30. The van der Waals surface area contributed by atoms with Gasteiger partial charge in [-0.25, -0.2) is 19.0 Å². The van der Waals surface area contributed by atoms with Gasteiger partial charge in [-0.2, -0.15) is 23.5 Å². The van der Waals surface area contributed by atoms with Gasteiger partial charge in [0.25, 0.3) is 0 Å². The van der Waals surface area contributed by atoms with Crippen LogP contribution in [0.2, 0.25) is 0 Å². The molecule has 5 aromatic rings. The third-order valence-corrected chi connectivity index (χ3v) is 36.1. The van der Waals surface area contributed by atoms with E-state index in [-0.39, 0.29) is 96.2 Å². The first-order chi connectivity index (χ1) is 55.1. The van der Waals surface area contributed by atoms with Gasteiger partial charge in [-0.15, -0.1) is 10.2 Å². The Morgan fingerprint density at radius 3 is 1.41 bits per heavy atom. The molecule has 12 fully saturated rings. The minimum Gasteiger partial charge on any atom is -0.466 e. The molecule has 2 aromatic carbocycles. The maximum atomic E-state index is 13.8. The van der Waals surface area contributed by atoms with Gasteiger partial charge < -0.3 is 50.5 Å². The van der Waals surface area contributed by atoms with Gasteiger partial charge in [0.15, 0.2) is 0 Å². The molecule has 4 aliphatic heterocycles. The molecule has 114 heavy (non-hydrogen) atoms. The number of nitrogens with zero attached hydrogens (tertiary/aromatic N) is 7. The Kier molecular flexibility index (Phi) is 23.5. The summed E-state index contributed by atoms with van der Waals surface area (Å²) >= 11 is 3.91. The number of thioether (sulfide) groups is 2. The Morgan fingerprint density at radius 2 is 0.965 bits per heavy atom. The van der Waals surface area contributed by atoms with Crippen LogP contribution in [-0.4, -0.2) is 149 Å². The summed E-state index contributed by atoms with van der Waals surface area (Å²) in [7, 11) is 0. The third-order valence-electron chi connectivity index (χ3n) is 33.1. The fraction of sp³-hybridized carbons (Fsp3) is 0.756. The van der Waals surface area contributed by atoms with E-state index in [1.165, 1.54) is 77.0 Å². The van der Waals surface area contributed by atoms with Crippen LogP contribution in [0, 0.1) is 92.7 Å². The lowest BCUT2D eigenvalue weighted by Gasteiger charge is -2.61. The fourth-order valence-corrected chi connectivity index (χ4v) is 30.3. The summed E-state index contributed by atoms with van der Waals surface area (Å²) in [6, 6.07) is 13.6. The second kappa shape index (κ2) is 33.4. The minimum atomic E-state index is -0.275. The van der Waals surface area contributed by atoms with E-state index < -0.39 is 0 Å². The first-order valence-corrected chi connectivity index (χ1v) is 46.9. The van der Waals surface area contributed by atoms with E-state index in [0.29, 0.717) is 119 Å². The van der Waals surface area contributed by atoms with Gasteiger partial charge in [-0.05, 0) is 259 Å². The second-order valence-corrected chi connectivity index (χ2v) is 41.5. The summed E-state index contributed by atoms with van der Waals surface area (Å²) in [5.74, 6) is 8.92. The molecule has 7 heterocycles. The van der Waals surface area contributed by atoms with E-state index in [0.717, 1.165) is 171 Å². The number of hydrogen-bond acceptors (Lipinski definition) is 17. The Labute approximate surface area is 682 Å². The molecule has 4 saturated heterocycles. The lowest BCUT2D eigenvalue weighted by Crippen LogP contribution is -2.54. The van der Waals surface area contributed by atoms with Crippen molar-refractivity contribution in [3.05, 3.63) is 48.8 Å². The molecule has 22 nitrogen and oxygen atoms in total. The summed E-state index contributed by atoms with van der Waals surface area (Å²) in [5, 5.41) is 33.4. The average Bonchev–Trinajstić information content (AvgIpc) is 1.39. The number of hydrogen-bond donors (Lipinski definition) is 5. The number of nitrogens with one attached hydrogen (secondary N) is 4. The number of carbonyl (C=O) groups excluding carboxylic acids is 6. The van der Waals surface area contributed by atoms with E-state index >= 15 is 0 Å². The topological polar surface area (TPSA) is 280 Å². The van der Waals surface area contributed by atoms with Crippen LogP contribution in [-0.2, 0) is 57.8 Å². The maximum absolute atomic E-state index is 13.8. The van der Waals surface area contributed by atoms with E-state index in [4.69, 9.17) is 24.7 Å². The summed E-state index contributed by atoms with van der Waals surface area (Å²) < 4.78 is 29.7. The smallest absolute Gasteiger partial charge is 0.328 e. The van der Waals surface area contributed by atoms with E-state index in [1.54, 1.807) is 9.36 Å². The van der Waals surface area contributed by atoms with Crippen molar-refractivity contribution in [2.75, 3.05) is 31.3 Å².